The smallest absolute Gasteiger partial charge is 0.224 e. The molecule has 0 aliphatic heterocycles. The third-order valence-electron chi connectivity index (χ3n) is 4.35. The third-order valence-corrected chi connectivity index (χ3v) is 8.09. The van der Waals surface area contributed by atoms with Crippen molar-refractivity contribution in [1.29, 1.82) is 0 Å². The number of amides is 1. The molecule has 25 heavy (non-hydrogen) atoms. The number of nitrogens with one attached hydrogen (secondary N) is 1. The summed E-state index contributed by atoms with van der Waals surface area (Å²) in [7, 11) is -2.34. The third kappa shape index (κ3) is 4.85. The van der Waals surface area contributed by atoms with E-state index in [1.54, 1.807) is 0 Å². The lowest BCUT2D eigenvalue weighted by Crippen LogP contribution is -2.24. The molecule has 2 aromatic carbocycles. The average molecular weight is 362 g/mol. The number of hydrogen-bond donors (Lipinski definition) is 1. The van der Waals surface area contributed by atoms with E-state index < -0.39 is 10.4 Å². The summed E-state index contributed by atoms with van der Waals surface area (Å²) in [6, 6.07) is 17.3. The van der Waals surface area contributed by atoms with Crippen molar-refractivity contribution in [2.75, 3.05) is 0 Å². The Bertz CT molecular complexity index is 675. The molecule has 136 valence electrons. The summed E-state index contributed by atoms with van der Waals surface area (Å²) in [6.07, 6.45) is 0.311. The van der Waals surface area contributed by atoms with Gasteiger partial charge in [-0.15, -0.1) is 0 Å². The molecule has 2 rings (SSSR count). The summed E-state index contributed by atoms with van der Waals surface area (Å²) >= 11 is 0. The Labute approximate surface area is 152 Å². The molecule has 0 saturated heterocycles. The van der Waals surface area contributed by atoms with Gasteiger partial charge >= 0.3 is 0 Å². The molecule has 0 radical (unpaired) electrons. The van der Waals surface area contributed by atoms with E-state index in [4.69, 9.17) is 0 Å². The van der Waals surface area contributed by atoms with Crippen LogP contribution in [0.5, 0.6) is 0 Å². The predicted molar refractivity (Wildman–Crippen MR) is 106 cm³/mol. The number of hydrogen-bond acceptors (Lipinski definition) is 1. The highest BCUT2D eigenvalue weighted by molar-refractivity contribution is 8.30. The first-order valence-electron chi connectivity index (χ1n) is 8.74. The highest BCUT2D eigenvalue weighted by atomic mass is 32.3. The van der Waals surface area contributed by atoms with Crippen molar-refractivity contribution >= 4 is 16.3 Å². The van der Waals surface area contributed by atoms with Crippen LogP contribution in [0.1, 0.15) is 38.8 Å². The van der Waals surface area contributed by atoms with Gasteiger partial charge in [-0.25, -0.2) is 0 Å². The second-order valence-electron chi connectivity index (χ2n) is 6.81. The number of rotatable bonds is 7. The molecular weight excluding hydrogens is 333 g/mol. The molecule has 0 aliphatic carbocycles. The summed E-state index contributed by atoms with van der Waals surface area (Å²) in [5, 5.41) is 2.88. The van der Waals surface area contributed by atoms with Gasteiger partial charge in [0.25, 0.3) is 0 Å². The van der Waals surface area contributed by atoms with Crippen molar-refractivity contribution < 1.29 is 8.68 Å². The van der Waals surface area contributed by atoms with E-state index in [1.165, 1.54) is 0 Å². The SMILES string of the molecule is CC(C)S(F)(c1ccc(CC(=O)NCc2ccccc2)cc1)C(C)C. The zero-order valence-corrected chi connectivity index (χ0v) is 16.3. The van der Waals surface area contributed by atoms with Gasteiger partial charge in [0.2, 0.25) is 5.91 Å². The molecule has 4 heteroatoms. The van der Waals surface area contributed by atoms with E-state index >= 15 is 3.89 Å². The molecule has 0 saturated carbocycles. The fourth-order valence-electron chi connectivity index (χ4n) is 2.95. The number of carbonyl (C=O) groups excluding carboxylic acids is 1. The van der Waals surface area contributed by atoms with E-state index in [2.05, 4.69) is 5.32 Å². The zero-order chi connectivity index (χ0) is 18.4. The number of halogens is 1. The summed E-state index contributed by atoms with van der Waals surface area (Å²) in [5.41, 5.74) is 1.98. The van der Waals surface area contributed by atoms with Gasteiger partial charge in [-0.2, -0.15) is 3.89 Å². The molecule has 0 atom stereocenters. The minimum absolute atomic E-state index is 0.0208. The first-order chi connectivity index (χ1) is 11.8. The Hall–Kier alpha value is -1.81. The lowest BCUT2D eigenvalue weighted by molar-refractivity contribution is -0.120. The molecular formula is C21H28FNOS. The van der Waals surface area contributed by atoms with Gasteiger partial charge < -0.3 is 5.32 Å². The second-order valence-corrected chi connectivity index (χ2v) is 10.4. The standard InChI is InChI=1S/C21H28FNOS/c1-16(2)25(22,17(3)4)20-12-10-18(11-13-20)14-21(24)23-15-19-8-6-5-7-9-19/h5-13,16-17H,14-15H2,1-4H3,(H,23,24). The highest BCUT2D eigenvalue weighted by Crippen LogP contribution is 2.64. The van der Waals surface area contributed by atoms with Crippen LogP contribution in [0.3, 0.4) is 0 Å². The van der Waals surface area contributed by atoms with Crippen molar-refractivity contribution in [2.45, 2.75) is 56.1 Å². The fraction of sp³-hybridized carbons (Fsp3) is 0.381. The molecule has 0 aromatic heterocycles. The molecule has 0 heterocycles. The van der Waals surface area contributed by atoms with Gasteiger partial charge in [-0.05, 0) is 23.3 Å². The molecule has 0 aliphatic rings. The molecule has 1 N–H and O–H groups in total. The average Bonchev–Trinajstić information content (AvgIpc) is 2.60. The highest BCUT2D eigenvalue weighted by Gasteiger charge is 2.33. The van der Waals surface area contributed by atoms with Crippen molar-refractivity contribution in [1.82, 2.24) is 5.32 Å². The van der Waals surface area contributed by atoms with Crippen LogP contribution in [0.15, 0.2) is 59.5 Å². The maximum Gasteiger partial charge on any atom is 0.224 e. The van der Waals surface area contributed by atoms with Crippen LogP contribution in [0, 0.1) is 0 Å². The van der Waals surface area contributed by atoms with Gasteiger partial charge in [0.05, 0.1) is 6.42 Å². The maximum absolute atomic E-state index is 15.5. The first-order valence-corrected chi connectivity index (χ1v) is 10.4. The minimum Gasteiger partial charge on any atom is -0.352 e. The largest absolute Gasteiger partial charge is 0.352 e. The van der Waals surface area contributed by atoms with Crippen molar-refractivity contribution in [3.8, 4) is 0 Å². The van der Waals surface area contributed by atoms with Gasteiger partial charge in [-0.1, -0.05) is 80.6 Å². The summed E-state index contributed by atoms with van der Waals surface area (Å²) < 4.78 is 15.5. The molecule has 0 unspecified atom stereocenters. The monoisotopic (exact) mass is 361 g/mol. The lowest BCUT2D eigenvalue weighted by atomic mass is 10.1. The van der Waals surface area contributed by atoms with E-state index in [9.17, 15) is 4.79 Å². The van der Waals surface area contributed by atoms with Crippen LogP contribution >= 0.6 is 10.4 Å². The number of carbonyl (C=O) groups is 1. The van der Waals surface area contributed by atoms with Crippen LogP contribution < -0.4 is 5.32 Å². The van der Waals surface area contributed by atoms with Gasteiger partial charge in [0.15, 0.2) is 0 Å². The van der Waals surface area contributed by atoms with Crippen LogP contribution in [-0.2, 0) is 17.8 Å². The molecule has 0 fully saturated rings. The summed E-state index contributed by atoms with van der Waals surface area (Å²) in [6.45, 7) is 8.30. The van der Waals surface area contributed by atoms with E-state index in [0.29, 0.717) is 13.0 Å². The van der Waals surface area contributed by atoms with Crippen LogP contribution in [-0.4, -0.2) is 16.4 Å². The van der Waals surface area contributed by atoms with Crippen LogP contribution in [0.4, 0.5) is 3.89 Å². The molecule has 0 spiro atoms. The fourth-order valence-corrected chi connectivity index (χ4v) is 5.68. The van der Waals surface area contributed by atoms with E-state index in [0.717, 1.165) is 16.0 Å². The first kappa shape index (κ1) is 19.5. The van der Waals surface area contributed by atoms with Gasteiger partial charge in [-0.3, -0.25) is 4.79 Å². The number of benzene rings is 2. The quantitative estimate of drug-likeness (QED) is 0.702. The topological polar surface area (TPSA) is 29.1 Å². The summed E-state index contributed by atoms with van der Waals surface area (Å²) in [5.74, 6) is -0.0248. The molecule has 0 bridgehead atoms. The lowest BCUT2D eigenvalue weighted by Gasteiger charge is -2.39. The molecule has 2 nitrogen and oxygen atoms in total. The second kappa shape index (κ2) is 8.52. The Kier molecular flexibility index (Phi) is 6.65. The van der Waals surface area contributed by atoms with Gasteiger partial charge in [0, 0.05) is 21.9 Å². The zero-order valence-electron chi connectivity index (χ0n) is 15.5. The van der Waals surface area contributed by atoms with Crippen molar-refractivity contribution in [3.05, 3.63) is 65.7 Å². The van der Waals surface area contributed by atoms with E-state index in [1.807, 2.05) is 82.3 Å². The van der Waals surface area contributed by atoms with Crippen molar-refractivity contribution in [3.63, 3.8) is 0 Å². The maximum atomic E-state index is 15.5. The Balaban J connectivity index is 1.99. The van der Waals surface area contributed by atoms with Gasteiger partial charge in [0.1, 0.15) is 0 Å². The van der Waals surface area contributed by atoms with Crippen LogP contribution in [0.2, 0.25) is 0 Å². The minimum atomic E-state index is -2.34. The Morgan fingerprint density at radius 2 is 1.48 bits per heavy atom. The van der Waals surface area contributed by atoms with E-state index in [-0.39, 0.29) is 16.4 Å². The Morgan fingerprint density at radius 3 is 2.00 bits per heavy atom. The van der Waals surface area contributed by atoms with Crippen molar-refractivity contribution in [2.24, 2.45) is 0 Å². The molecule has 2 aromatic rings. The Morgan fingerprint density at radius 1 is 0.920 bits per heavy atom. The normalized spacial score (nSPS) is 12.4. The predicted octanol–water partition coefficient (Wildman–Crippen LogP) is 5.41. The summed E-state index contributed by atoms with van der Waals surface area (Å²) in [4.78, 5) is 12.9. The molecule has 1 amide bonds. The van der Waals surface area contributed by atoms with Crippen LogP contribution in [0.25, 0.3) is 0 Å².